The Morgan fingerprint density at radius 2 is 2.11 bits per heavy atom. The molecule has 104 valence electrons. The molecule has 3 heteroatoms. The molecule has 0 spiro atoms. The average Bonchev–Trinajstić information content (AvgIpc) is 2.38. The maximum absolute atomic E-state index is 9.00. The van der Waals surface area contributed by atoms with E-state index >= 15 is 0 Å². The maximum atomic E-state index is 9.00. The third-order valence-corrected chi connectivity index (χ3v) is 3.38. The van der Waals surface area contributed by atoms with Crippen LogP contribution < -0.4 is 10.1 Å². The van der Waals surface area contributed by atoms with Crippen LogP contribution in [0.3, 0.4) is 0 Å². The van der Waals surface area contributed by atoms with Crippen molar-refractivity contribution in [2.75, 3.05) is 20.2 Å². The fourth-order valence-electron chi connectivity index (χ4n) is 2.02. The SMILES string of the molecule is COc1ccc(CCNCC(C#N)C(C)C)cc1C. The highest BCUT2D eigenvalue weighted by Gasteiger charge is 2.11. The average molecular weight is 260 g/mol. The highest BCUT2D eigenvalue weighted by atomic mass is 16.5. The zero-order chi connectivity index (χ0) is 14.3. The van der Waals surface area contributed by atoms with Gasteiger partial charge in [-0.2, -0.15) is 5.26 Å². The van der Waals surface area contributed by atoms with E-state index in [9.17, 15) is 0 Å². The van der Waals surface area contributed by atoms with Crippen molar-refractivity contribution >= 4 is 0 Å². The van der Waals surface area contributed by atoms with Crippen molar-refractivity contribution < 1.29 is 4.74 Å². The van der Waals surface area contributed by atoms with Crippen molar-refractivity contribution in [2.24, 2.45) is 11.8 Å². The van der Waals surface area contributed by atoms with Gasteiger partial charge in [0, 0.05) is 6.54 Å². The van der Waals surface area contributed by atoms with E-state index in [2.05, 4.69) is 44.3 Å². The summed E-state index contributed by atoms with van der Waals surface area (Å²) < 4.78 is 5.25. The summed E-state index contributed by atoms with van der Waals surface area (Å²) in [6, 6.07) is 8.61. The Morgan fingerprint density at radius 1 is 1.37 bits per heavy atom. The Bertz CT molecular complexity index is 435. The first-order valence-corrected chi connectivity index (χ1v) is 6.82. The van der Waals surface area contributed by atoms with E-state index in [4.69, 9.17) is 10.00 Å². The van der Waals surface area contributed by atoms with Crippen molar-refractivity contribution in [3.05, 3.63) is 29.3 Å². The van der Waals surface area contributed by atoms with E-state index < -0.39 is 0 Å². The Kier molecular flexibility index (Phi) is 6.38. The van der Waals surface area contributed by atoms with Gasteiger partial charge >= 0.3 is 0 Å². The van der Waals surface area contributed by atoms with Crippen LogP contribution in [0.15, 0.2) is 18.2 Å². The number of benzene rings is 1. The van der Waals surface area contributed by atoms with Gasteiger partial charge in [-0.1, -0.05) is 26.0 Å². The van der Waals surface area contributed by atoms with Gasteiger partial charge in [-0.3, -0.25) is 0 Å². The normalized spacial score (nSPS) is 12.2. The molecule has 0 aliphatic heterocycles. The van der Waals surface area contributed by atoms with Crippen LogP contribution in [0.4, 0.5) is 0 Å². The molecule has 0 saturated heterocycles. The summed E-state index contributed by atoms with van der Waals surface area (Å²) in [5.41, 5.74) is 2.46. The monoisotopic (exact) mass is 260 g/mol. The third-order valence-electron chi connectivity index (χ3n) is 3.38. The first kappa shape index (κ1) is 15.5. The fraction of sp³-hybridized carbons (Fsp3) is 0.562. The second-order valence-corrected chi connectivity index (χ2v) is 5.24. The summed E-state index contributed by atoms with van der Waals surface area (Å²) in [5, 5.41) is 12.4. The molecular weight excluding hydrogens is 236 g/mol. The second kappa shape index (κ2) is 7.81. The Labute approximate surface area is 116 Å². The van der Waals surface area contributed by atoms with Crippen LogP contribution in [0.2, 0.25) is 0 Å². The highest BCUT2D eigenvalue weighted by Crippen LogP contribution is 2.18. The van der Waals surface area contributed by atoms with E-state index in [1.165, 1.54) is 5.56 Å². The van der Waals surface area contributed by atoms with Crippen LogP contribution in [0.5, 0.6) is 5.75 Å². The summed E-state index contributed by atoms with van der Waals surface area (Å²) in [6.45, 7) is 7.89. The number of rotatable bonds is 7. The van der Waals surface area contributed by atoms with Crippen LogP contribution in [0.25, 0.3) is 0 Å². The number of nitrogens with one attached hydrogen (secondary N) is 1. The lowest BCUT2D eigenvalue weighted by Crippen LogP contribution is -2.27. The molecule has 0 aliphatic rings. The Morgan fingerprint density at radius 3 is 2.63 bits per heavy atom. The summed E-state index contributed by atoms with van der Waals surface area (Å²) in [7, 11) is 1.69. The zero-order valence-corrected chi connectivity index (χ0v) is 12.4. The fourth-order valence-corrected chi connectivity index (χ4v) is 2.02. The van der Waals surface area contributed by atoms with Crippen molar-refractivity contribution in [3.63, 3.8) is 0 Å². The van der Waals surface area contributed by atoms with Gasteiger partial charge < -0.3 is 10.1 Å². The first-order chi connectivity index (χ1) is 9.08. The van der Waals surface area contributed by atoms with Crippen LogP contribution in [0.1, 0.15) is 25.0 Å². The minimum absolute atomic E-state index is 0.0950. The minimum Gasteiger partial charge on any atom is -0.496 e. The molecule has 1 rings (SSSR count). The molecule has 0 fully saturated rings. The van der Waals surface area contributed by atoms with Crippen molar-refractivity contribution in [1.29, 1.82) is 5.26 Å². The quantitative estimate of drug-likeness (QED) is 0.767. The molecule has 1 aromatic rings. The number of ether oxygens (including phenoxy) is 1. The van der Waals surface area contributed by atoms with Gasteiger partial charge in [0.2, 0.25) is 0 Å². The summed E-state index contributed by atoms with van der Waals surface area (Å²) in [6.07, 6.45) is 0.973. The predicted molar refractivity (Wildman–Crippen MR) is 78.2 cm³/mol. The molecule has 0 aromatic heterocycles. The van der Waals surface area contributed by atoms with E-state index in [-0.39, 0.29) is 5.92 Å². The number of hydrogen-bond acceptors (Lipinski definition) is 3. The van der Waals surface area contributed by atoms with Gasteiger partial charge in [0.15, 0.2) is 0 Å². The zero-order valence-electron chi connectivity index (χ0n) is 12.4. The summed E-state index contributed by atoms with van der Waals surface area (Å²) in [4.78, 5) is 0. The van der Waals surface area contributed by atoms with Gasteiger partial charge in [-0.25, -0.2) is 0 Å². The lowest BCUT2D eigenvalue weighted by atomic mass is 9.97. The van der Waals surface area contributed by atoms with E-state index in [1.807, 2.05) is 6.07 Å². The smallest absolute Gasteiger partial charge is 0.121 e. The standard InChI is InChI=1S/C16H24N2O/c1-12(2)15(10-17)11-18-8-7-14-5-6-16(19-4)13(3)9-14/h5-6,9,12,15,18H,7-8,11H2,1-4H3. The van der Waals surface area contributed by atoms with Crippen LogP contribution >= 0.6 is 0 Å². The van der Waals surface area contributed by atoms with Crippen molar-refractivity contribution in [1.82, 2.24) is 5.32 Å². The molecule has 1 atom stereocenters. The number of methoxy groups -OCH3 is 1. The second-order valence-electron chi connectivity index (χ2n) is 5.24. The van der Waals surface area contributed by atoms with Crippen LogP contribution in [-0.4, -0.2) is 20.2 Å². The molecule has 0 heterocycles. The van der Waals surface area contributed by atoms with Gasteiger partial charge in [-0.05, 0) is 43.0 Å². The number of hydrogen-bond donors (Lipinski definition) is 1. The molecule has 0 aliphatic carbocycles. The predicted octanol–water partition coefficient (Wildman–Crippen LogP) is 2.93. The van der Waals surface area contributed by atoms with E-state index in [0.717, 1.165) is 30.8 Å². The minimum atomic E-state index is 0.0950. The number of nitrogens with zero attached hydrogens (tertiary/aromatic N) is 1. The van der Waals surface area contributed by atoms with Gasteiger partial charge in [0.05, 0.1) is 19.1 Å². The molecule has 19 heavy (non-hydrogen) atoms. The largest absolute Gasteiger partial charge is 0.496 e. The first-order valence-electron chi connectivity index (χ1n) is 6.82. The lowest BCUT2D eigenvalue weighted by Gasteiger charge is -2.14. The van der Waals surface area contributed by atoms with Crippen LogP contribution in [0, 0.1) is 30.1 Å². The van der Waals surface area contributed by atoms with E-state index in [0.29, 0.717) is 5.92 Å². The molecule has 1 N–H and O–H groups in total. The van der Waals surface area contributed by atoms with Crippen LogP contribution in [-0.2, 0) is 6.42 Å². The molecule has 1 aromatic carbocycles. The number of nitriles is 1. The molecular formula is C16H24N2O. The Balaban J connectivity index is 2.38. The molecule has 0 amide bonds. The van der Waals surface area contributed by atoms with E-state index in [1.54, 1.807) is 7.11 Å². The lowest BCUT2D eigenvalue weighted by molar-refractivity contribution is 0.411. The topological polar surface area (TPSA) is 45.0 Å². The molecule has 0 radical (unpaired) electrons. The molecule has 1 unspecified atom stereocenters. The van der Waals surface area contributed by atoms with Crippen molar-refractivity contribution in [3.8, 4) is 11.8 Å². The van der Waals surface area contributed by atoms with Crippen molar-refractivity contribution in [2.45, 2.75) is 27.2 Å². The third kappa shape index (κ3) is 4.92. The molecule has 0 saturated carbocycles. The molecule has 3 nitrogen and oxygen atoms in total. The molecule has 0 bridgehead atoms. The summed E-state index contributed by atoms with van der Waals surface area (Å²) in [5.74, 6) is 1.43. The Hall–Kier alpha value is -1.53. The van der Waals surface area contributed by atoms with Gasteiger partial charge in [0.1, 0.15) is 5.75 Å². The van der Waals surface area contributed by atoms with Gasteiger partial charge in [0.25, 0.3) is 0 Å². The maximum Gasteiger partial charge on any atom is 0.121 e. The number of aryl methyl sites for hydroxylation is 1. The van der Waals surface area contributed by atoms with Gasteiger partial charge in [-0.15, -0.1) is 0 Å². The summed E-state index contributed by atoms with van der Waals surface area (Å²) >= 11 is 0. The highest BCUT2D eigenvalue weighted by molar-refractivity contribution is 5.36.